The van der Waals surface area contributed by atoms with E-state index in [0.717, 1.165) is 10.0 Å². The molecule has 4 nitrogen and oxygen atoms in total. The summed E-state index contributed by atoms with van der Waals surface area (Å²) in [6.45, 7) is 1.05. The molecule has 6 heteroatoms. The van der Waals surface area contributed by atoms with E-state index in [4.69, 9.17) is 22.1 Å². The van der Waals surface area contributed by atoms with Crippen molar-refractivity contribution in [3.05, 3.63) is 33.3 Å². The van der Waals surface area contributed by atoms with Crippen LogP contribution in [0.4, 0.5) is 0 Å². The topological polar surface area (TPSA) is 64.3 Å². The predicted molar refractivity (Wildman–Crippen MR) is 71.0 cm³/mol. The van der Waals surface area contributed by atoms with Crippen LogP contribution in [0, 0.1) is 0 Å². The number of halogens is 2. The van der Waals surface area contributed by atoms with Gasteiger partial charge in [0.15, 0.2) is 0 Å². The average molecular weight is 322 g/mol. The van der Waals surface area contributed by atoms with Crippen LogP contribution in [0.15, 0.2) is 22.7 Å². The molecule has 0 aliphatic carbocycles. The first-order chi connectivity index (χ1) is 8.06. The van der Waals surface area contributed by atoms with Gasteiger partial charge in [-0.25, -0.2) is 0 Å². The van der Waals surface area contributed by atoms with E-state index in [2.05, 4.69) is 21.2 Å². The number of nitrogens with one attached hydrogen (secondary N) is 1. The highest BCUT2D eigenvalue weighted by molar-refractivity contribution is 9.10. The van der Waals surface area contributed by atoms with Gasteiger partial charge in [0.05, 0.1) is 6.61 Å². The molecule has 1 rings (SSSR count). The molecule has 1 atom stereocenters. The average Bonchev–Trinajstić information content (AvgIpc) is 2.25. The van der Waals surface area contributed by atoms with Crippen LogP contribution in [0.1, 0.15) is 11.6 Å². The molecule has 0 radical (unpaired) electrons. The molecule has 0 aromatic heterocycles. The Labute approximate surface area is 114 Å². The van der Waals surface area contributed by atoms with Crippen molar-refractivity contribution in [2.75, 3.05) is 20.3 Å². The van der Waals surface area contributed by atoms with Crippen LogP contribution in [0.2, 0.25) is 5.02 Å². The van der Waals surface area contributed by atoms with Gasteiger partial charge in [-0.2, -0.15) is 0 Å². The van der Waals surface area contributed by atoms with Gasteiger partial charge in [-0.1, -0.05) is 33.6 Å². The molecule has 0 bridgehead atoms. The molecule has 0 spiro atoms. The number of rotatable bonds is 6. The van der Waals surface area contributed by atoms with E-state index in [0.29, 0.717) is 18.2 Å². The lowest BCUT2D eigenvalue weighted by Crippen LogP contribution is -2.35. The first-order valence-electron chi connectivity index (χ1n) is 5.03. The number of hydrogen-bond donors (Lipinski definition) is 2. The summed E-state index contributed by atoms with van der Waals surface area (Å²) < 4.78 is 5.66. The van der Waals surface area contributed by atoms with Crippen LogP contribution in [-0.2, 0) is 9.53 Å². The third-order valence-corrected chi connectivity index (χ3v) is 3.13. The van der Waals surface area contributed by atoms with Crippen molar-refractivity contribution in [1.82, 2.24) is 5.32 Å². The molecule has 0 heterocycles. The molecule has 1 unspecified atom stereocenters. The van der Waals surface area contributed by atoms with Gasteiger partial charge in [0.2, 0.25) is 5.91 Å². The Bertz CT molecular complexity index is 401. The van der Waals surface area contributed by atoms with Gasteiger partial charge in [0.1, 0.15) is 6.04 Å². The van der Waals surface area contributed by atoms with E-state index in [9.17, 15) is 4.79 Å². The van der Waals surface area contributed by atoms with Gasteiger partial charge in [0, 0.05) is 23.1 Å². The zero-order valence-corrected chi connectivity index (χ0v) is 11.7. The van der Waals surface area contributed by atoms with Gasteiger partial charge in [-0.15, -0.1) is 0 Å². The molecule has 0 aliphatic rings. The number of nitrogens with two attached hydrogens (primary N) is 1. The lowest BCUT2D eigenvalue weighted by Gasteiger charge is -2.17. The Balaban J connectivity index is 2.86. The van der Waals surface area contributed by atoms with Gasteiger partial charge in [-0.05, 0) is 17.7 Å². The zero-order chi connectivity index (χ0) is 12.8. The van der Waals surface area contributed by atoms with Crippen LogP contribution < -0.4 is 11.1 Å². The van der Waals surface area contributed by atoms with Crippen molar-refractivity contribution >= 4 is 33.4 Å². The van der Waals surface area contributed by atoms with Crippen LogP contribution in [0.25, 0.3) is 0 Å². The van der Waals surface area contributed by atoms with E-state index >= 15 is 0 Å². The molecule has 17 heavy (non-hydrogen) atoms. The van der Waals surface area contributed by atoms with Crippen molar-refractivity contribution < 1.29 is 9.53 Å². The summed E-state index contributed by atoms with van der Waals surface area (Å²) in [7, 11) is 1.60. The Morgan fingerprint density at radius 2 is 2.35 bits per heavy atom. The fourth-order valence-corrected chi connectivity index (χ4v) is 2.32. The molecule has 94 valence electrons. The molecular formula is C11H14BrClN2O2. The van der Waals surface area contributed by atoms with Crippen molar-refractivity contribution in [3.8, 4) is 0 Å². The monoisotopic (exact) mass is 320 g/mol. The normalized spacial score (nSPS) is 12.4. The van der Waals surface area contributed by atoms with Crippen LogP contribution >= 0.6 is 27.5 Å². The van der Waals surface area contributed by atoms with Gasteiger partial charge < -0.3 is 10.5 Å². The van der Waals surface area contributed by atoms with Crippen LogP contribution in [-0.4, -0.2) is 26.2 Å². The van der Waals surface area contributed by atoms with E-state index in [1.54, 1.807) is 25.3 Å². The largest absolute Gasteiger partial charge is 0.383 e. The Morgan fingerprint density at radius 1 is 1.65 bits per heavy atom. The minimum absolute atomic E-state index is 0.441. The summed E-state index contributed by atoms with van der Waals surface area (Å²) in [5.41, 5.74) is 6.12. The molecule has 1 amide bonds. The fourth-order valence-electron chi connectivity index (χ4n) is 1.40. The van der Waals surface area contributed by atoms with E-state index in [1.807, 2.05) is 0 Å². The molecule has 0 fully saturated rings. The van der Waals surface area contributed by atoms with E-state index in [-0.39, 0.29) is 0 Å². The number of benzene rings is 1. The number of methoxy groups -OCH3 is 1. The summed E-state index contributed by atoms with van der Waals surface area (Å²) in [6.07, 6.45) is 0. The second-order valence-corrected chi connectivity index (χ2v) is 4.74. The Morgan fingerprint density at radius 3 is 2.88 bits per heavy atom. The number of primary amides is 1. The van der Waals surface area contributed by atoms with Crippen LogP contribution in [0.5, 0.6) is 0 Å². The first kappa shape index (κ1) is 14.4. The van der Waals surface area contributed by atoms with Crippen molar-refractivity contribution in [2.45, 2.75) is 6.04 Å². The van der Waals surface area contributed by atoms with Crippen molar-refractivity contribution in [2.24, 2.45) is 5.73 Å². The highest BCUT2D eigenvalue weighted by Gasteiger charge is 2.19. The molecule has 0 saturated heterocycles. The summed E-state index contributed by atoms with van der Waals surface area (Å²) in [4.78, 5) is 11.4. The summed E-state index contributed by atoms with van der Waals surface area (Å²) >= 11 is 9.20. The van der Waals surface area contributed by atoms with Crippen LogP contribution in [0.3, 0.4) is 0 Å². The molecule has 1 aromatic rings. The Kier molecular flexibility index (Phi) is 5.91. The molecular weight excluding hydrogens is 307 g/mol. The number of ether oxygens (including phenoxy) is 1. The zero-order valence-electron chi connectivity index (χ0n) is 9.37. The minimum Gasteiger partial charge on any atom is -0.383 e. The van der Waals surface area contributed by atoms with E-state index in [1.165, 1.54) is 0 Å². The predicted octanol–water partition coefficient (Wildman–Crippen LogP) is 1.86. The fraction of sp³-hybridized carbons (Fsp3) is 0.364. The second kappa shape index (κ2) is 6.96. The lowest BCUT2D eigenvalue weighted by atomic mass is 10.1. The van der Waals surface area contributed by atoms with Gasteiger partial charge >= 0.3 is 0 Å². The van der Waals surface area contributed by atoms with Gasteiger partial charge in [-0.3, -0.25) is 10.1 Å². The Hall–Kier alpha value is -0.620. The number of carbonyl (C=O) groups excluding carboxylic acids is 1. The van der Waals surface area contributed by atoms with Crippen molar-refractivity contribution in [3.63, 3.8) is 0 Å². The van der Waals surface area contributed by atoms with Crippen molar-refractivity contribution in [1.29, 1.82) is 0 Å². The first-order valence-corrected chi connectivity index (χ1v) is 6.20. The quantitative estimate of drug-likeness (QED) is 0.786. The number of hydrogen-bond acceptors (Lipinski definition) is 3. The maximum atomic E-state index is 11.4. The minimum atomic E-state index is -0.559. The lowest BCUT2D eigenvalue weighted by molar-refractivity contribution is -0.120. The summed E-state index contributed by atoms with van der Waals surface area (Å²) in [5.74, 6) is -0.441. The maximum absolute atomic E-state index is 11.4. The third kappa shape index (κ3) is 4.27. The van der Waals surface area contributed by atoms with E-state index < -0.39 is 11.9 Å². The van der Waals surface area contributed by atoms with Gasteiger partial charge in [0.25, 0.3) is 0 Å². The summed E-state index contributed by atoms with van der Waals surface area (Å²) in [6, 6.07) is 4.65. The SMILES string of the molecule is COCCNC(C(N)=O)c1ccc(Cl)cc1Br. The maximum Gasteiger partial charge on any atom is 0.239 e. The smallest absolute Gasteiger partial charge is 0.239 e. The molecule has 0 saturated carbocycles. The molecule has 1 aromatic carbocycles. The number of amides is 1. The third-order valence-electron chi connectivity index (χ3n) is 2.21. The highest BCUT2D eigenvalue weighted by Crippen LogP contribution is 2.26. The number of carbonyl (C=O) groups is 1. The highest BCUT2D eigenvalue weighted by atomic mass is 79.9. The summed E-state index contributed by atoms with van der Waals surface area (Å²) in [5, 5.41) is 3.62. The molecule has 3 N–H and O–H groups in total. The second-order valence-electron chi connectivity index (χ2n) is 3.45. The molecule has 0 aliphatic heterocycles. The standard InChI is InChI=1S/C11H14BrClN2O2/c1-17-5-4-15-10(11(14)16)8-3-2-7(13)6-9(8)12/h2-3,6,10,15H,4-5H2,1H3,(H2,14,16).